The van der Waals surface area contributed by atoms with Gasteiger partial charge in [-0.15, -0.1) is 0 Å². The molecule has 2 heterocycles. The molecular formula is C24H27N3O. The number of aromatic nitrogens is 2. The summed E-state index contributed by atoms with van der Waals surface area (Å²) in [5.74, 6) is 1.16. The fraction of sp³-hybridized carbons (Fsp3) is 0.333. The first-order valence-electron chi connectivity index (χ1n) is 9.99. The van der Waals surface area contributed by atoms with Gasteiger partial charge in [-0.05, 0) is 24.5 Å². The summed E-state index contributed by atoms with van der Waals surface area (Å²) in [6.45, 7) is 5.45. The molecule has 4 nitrogen and oxygen atoms in total. The quantitative estimate of drug-likeness (QED) is 0.649. The Bertz CT molecular complexity index is 813. The van der Waals surface area contributed by atoms with Crippen LogP contribution in [0.4, 0.5) is 0 Å². The van der Waals surface area contributed by atoms with Gasteiger partial charge in [0.1, 0.15) is 5.82 Å². The summed E-state index contributed by atoms with van der Waals surface area (Å²) in [7, 11) is 0. The van der Waals surface area contributed by atoms with Gasteiger partial charge in [0.2, 0.25) is 0 Å². The van der Waals surface area contributed by atoms with Crippen LogP contribution in [0.1, 0.15) is 34.9 Å². The van der Waals surface area contributed by atoms with Crippen molar-refractivity contribution in [1.82, 2.24) is 14.9 Å². The van der Waals surface area contributed by atoms with Crippen LogP contribution in [0, 0.1) is 6.92 Å². The van der Waals surface area contributed by atoms with E-state index in [1.54, 1.807) is 0 Å². The molecule has 144 valence electrons. The van der Waals surface area contributed by atoms with E-state index < -0.39 is 0 Å². The van der Waals surface area contributed by atoms with Gasteiger partial charge in [0.15, 0.2) is 0 Å². The number of nitrogens with zero attached hydrogens (tertiary/aromatic N) is 3. The zero-order valence-corrected chi connectivity index (χ0v) is 16.4. The van der Waals surface area contributed by atoms with Gasteiger partial charge in [-0.2, -0.15) is 0 Å². The third-order valence-electron chi connectivity index (χ3n) is 5.37. The molecule has 1 aliphatic heterocycles. The maximum Gasteiger partial charge on any atom is 0.125 e. The monoisotopic (exact) mass is 373 g/mol. The van der Waals surface area contributed by atoms with Gasteiger partial charge in [0.05, 0.1) is 12.7 Å². The Hall–Kier alpha value is -2.56. The second-order valence-corrected chi connectivity index (χ2v) is 7.48. The molecule has 0 amide bonds. The molecule has 28 heavy (non-hydrogen) atoms. The van der Waals surface area contributed by atoms with E-state index in [1.165, 1.54) is 11.1 Å². The normalized spacial score (nSPS) is 17.7. The Morgan fingerprint density at radius 2 is 1.57 bits per heavy atom. The Morgan fingerprint density at radius 3 is 2.18 bits per heavy atom. The predicted octanol–water partition coefficient (Wildman–Crippen LogP) is 4.21. The summed E-state index contributed by atoms with van der Waals surface area (Å²) >= 11 is 0. The molecule has 1 aromatic heterocycles. The molecular weight excluding hydrogens is 346 g/mol. The van der Waals surface area contributed by atoms with E-state index in [9.17, 15) is 0 Å². The zero-order valence-electron chi connectivity index (χ0n) is 16.4. The van der Waals surface area contributed by atoms with E-state index in [0.29, 0.717) is 5.92 Å². The molecule has 4 rings (SSSR count). The number of rotatable bonds is 6. The van der Waals surface area contributed by atoms with Crippen molar-refractivity contribution < 1.29 is 4.74 Å². The third-order valence-corrected chi connectivity index (χ3v) is 5.37. The van der Waals surface area contributed by atoms with Crippen molar-refractivity contribution in [3.63, 3.8) is 0 Å². The standard InChI is InChI=1S/C24H27N3O/c1-19-25-15-20(16-26-19)17-27-12-13-28-23(18-27)14-24(21-8-4-2-5-9-21)22-10-6-3-7-11-22/h2-11,15-16,23-24H,12-14,17-18H2,1H3/t23-/m1/s1. The second-order valence-electron chi connectivity index (χ2n) is 7.48. The van der Waals surface area contributed by atoms with Gasteiger partial charge in [-0.1, -0.05) is 60.7 Å². The molecule has 0 bridgehead atoms. The predicted molar refractivity (Wildman–Crippen MR) is 111 cm³/mol. The smallest absolute Gasteiger partial charge is 0.125 e. The van der Waals surface area contributed by atoms with Crippen LogP contribution in [-0.2, 0) is 11.3 Å². The SMILES string of the molecule is Cc1ncc(CN2CCO[C@H](CC(c3ccccc3)c3ccccc3)C2)cn1. The van der Waals surface area contributed by atoms with Crippen molar-refractivity contribution in [3.8, 4) is 0 Å². The maximum atomic E-state index is 6.17. The number of hydrogen-bond donors (Lipinski definition) is 0. The van der Waals surface area contributed by atoms with Gasteiger partial charge in [0, 0.05) is 43.5 Å². The summed E-state index contributed by atoms with van der Waals surface area (Å²) in [6, 6.07) is 21.5. The molecule has 1 saturated heterocycles. The Morgan fingerprint density at radius 1 is 0.964 bits per heavy atom. The highest BCUT2D eigenvalue weighted by atomic mass is 16.5. The molecule has 3 aromatic rings. The largest absolute Gasteiger partial charge is 0.376 e. The minimum Gasteiger partial charge on any atom is -0.376 e. The molecule has 0 unspecified atom stereocenters. The molecule has 0 spiro atoms. The Kier molecular flexibility index (Phi) is 6.10. The van der Waals surface area contributed by atoms with E-state index in [4.69, 9.17) is 4.74 Å². The molecule has 2 aromatic carbocycles. The van der Waals surface area contributed by atoms with Crippen molar-refractivity contribution in [3.05, 3.63) is 95.6 Å². The van der Waals surface area contributed by atoms with Crippen LogP contribution >= 0.6 is 0 Å². The van der Waals surface area contributed by atoms with Crippen molar-refractivity contribution in [2.75, 3.05) is 19.7 Å². The van der Waals surface area contributed by atoms with E-state index in [1.807, 2.05) is 19.3 Å². The summed E-state index contributed by atoms with van der Waals surface area (Å²) in [6.07, 6.45) is 5.06. The first kappa shape index (κ1) is 18.8. The Balaban J connectivity index is 1.46. The van der Waals surface area contributed by atoms with E-state index in [0.717, 1.165) is 44.0 Å². The van der Waals surface area contributed by atoms with Gasteiger partial charge >= 0.3 is 0 Å². The lowest BCUT2D eigenvalue weighted by Crippen LogP contribution is -2.42. The first-order valence-corrected chi connectivity index (χ1v) is 9.99. The van der Waals surface area contributed by atoms with Crippen LogP contribution in [0.3, 0.4) is 0 Å². The number of benzene rings is 2. The van der Waals surface area contributed by atoms with E-state index in [2.05, 4.69) is 75.5 Å². The van der Waals surface area contributed by atoms with Gasteiger partial charge in [0.25, 0.3) is 0 Å². The number of ether oxygens (including phenoxy) is 1. The van der Waals surface area contributed by atoms with Gasteiger partial charge < -0.3 is 4.74 Å². The highest BCUT2D eigenvalue weighted by Gasteiger charge is 2.25. The fourth-order valence-electron chi connectivity index (χ4n) is 3.92. The second kappa shape index (κ2) is 9.09. The summed E-state index contributed by atoms with van der Waals surface area (Å²) in [5.41, 5.74) is 3.86. The third kappa shape index (κ3) is 4.83. The van der Waals surface area contributed by atoms with Gasteiger partial charge in [-0.3, -0.25) is 4.90 Å². The van der Waals surface area contributed by atoms with E-state index in [-0.39, 0.29) is 6.10 Å². The van der Waals surface area contributed by atoms with Crippen LogP contribution < -0.4 is 0 Å². The van der Waals surface area contributed by atoms with Crippen molar-refractivity contribution in [2.24, 2.45) is 0 Å². The minimum atomic E-state index is 0.213. The molecule has 0 saturated carbocycles. The van der Waals surface area contributed by atoms with Crippen LogP contribution in [0.5, 0.6) is 0 Å². The maximum absolute atomic E-state index is 6.17. The van der Waals surface area contributed by atoms with Crippen LogP contribution in [0.15, 0.2) is 73.1 Å². The minimum absolute atomic E-state index is 0.213. The molecule has 0 N–H and O–H groups in total. The van der Waals surface area contributed by atoms with Crippen molar-refractivity contribution >= 4 is 0 Å². The molecule has 0 aliphatic carbocycles. The number of hydrogen-bond acceptors (Lipinski definition) is 4. The first-order chi connectivity index (χ1) is 13.8. The van der Waals surface area contributed by atoms with E-state index >= 15 is 0 Å². The summed E-state index contributed by atoms with van der Waals surface area (Å²) in [5, 5.41) is 0. The molecule has 0 radical (unpaired) electrons. The lowest BCUT2D eigenvalue weighted by molar-refractivity contribution is -0.0365. The number of aryl methyl sites for hydroxylation is 1. The molecule has 1 fully saturated rings. The molecule has 4 heteroatoms. The number of morpholine rings is 1. The average molecular weight is 374 g/mol. The summed E-state index contributed by atoms with van der Waals surface area (Å²) in [4.78, 5) is 11.1. The highest BCUT2D eigenvalue weighted by Crippen LogP contribution is 2.31. The molecule has 1 aliphatic rings. The van der Waals surface area contributed by atoms with Crippen molar-refractivity contribution in [2.45, 2.75) is 31.9 Å². The average Bonchev–Trinajstić information content (AvgIpc) is 2.75. The highest BCUT2D eigenvalue weighted by molar-refractivity contribution is 5.32. The van der Waals surface area contributed by atoms with Gasteiger partial charge in [-0.25, -0.2) is 9.97 Å². The Labute approximate surface area is 167 Å². The summed E-state index contributed by atoms with van der Waals surface area (Å²) < 4.78 is 6.17. The molecule has 1 atom stereocenters. The van der Waals surface area contributed by atoms with Crippen LogP contribution in [-0.4, -0.2) is 40.7 Å². The van der Waals surface area contributed by atoms with Crippen LogP contribution in [0.2, 0.25) is 0 Å². The lowest BCUT2D eigenvalue weighted by Gasteiger charge is -2.34. The van der Waals surface area contributed by atoms with Crippen LogP contribution in [0.25, 0.3) is 0 Å². The fourth-order valence-corrected chi connectivity index (χ4v) is 3.92. The zero-order chi connectivity index (χ0) is 19.2. The lowest BCUT2D eigenvalue weighted by atomic mass is 9.86. The van der Waals surface area contributed by atoms with Crippen molar-refractivity contribution in [1.29, 1.82) is 0 Å². The topological polar surface area (TPSA) is 38.2 Å².